The van der Waals surface area contributed by atoms with Crippen molar-refractivity contribution in [3.05, 3.63) is 11.4 Å². The summed E-state index contributed by atoms with van der Waals surface area (Å²) in [5.74, 6) is -0.551. The van der Waals surface area contributed by atoms with Gasteiger partial charge in [0.2, 0.25) is 15.6 Å². The summed E-state index contributed by atoms with van der Waals surface area (Å²) in [6, 6.07) is 0. The lowest BCUT2D eigenvalue weighted by molar-refractivity contribution is -0.125. The van der Waals surface area contributed by atoms with E-state index >= 15 is 0 Å². The van der Waals surface area contributed by atoms with Crippen LogP contribution in [0.5, 0.6) is 0 Å². The molecule has 4 nitrogen and oxygen atoms in total. The van der Waals surface area contributed by atoms with Crippen molar-refractivity contribution in [3.8, 4) is 0 Å². The molecule has 0 spiro atoms. The minimum atomic E-state index is -3.60. The van der Waals surface area contributed by atoms with Crippen molar-refractivity contribution in [2.24, 2.45) is 5.41 Å². The van der Waals surface area contributed by atoms with E-state index in [0.29, 0.717) is 0 Å². The first-order chi connectivity index (χ1) is 5.60. The molecule has 74 valence electrons. The number of nitrogens with zero attached hydrogens (tertiary/aromatic N) is 1. The molecule has 1 unspecified atom stereocenters. The molecule has 5 heteroatoms. The fourth-order valence-electron chi connectivity index (χ4n) is 0.719. The van der Waals surface area contributed by atoms with Crippen molar-refractivity contribution < 1.29 is 13.2 Å². The third kappa shape index (κ3) is 3.15. The molecule has 0 aliphatic heterocycles. The van der Waals surface area contributed by atoms with Crippen LogP contribution in [-0.2, 0) is 14.6 Å². The van der Waals surface area contributed by atoms with Gasteiger partial charge in [0.05, 0.1) is 0 Å². The Labute approximate surface area is 78.7 Å². The molecule has 0 saturated heterocycles. The van der Waals surface area contributed by atoms with Gasteiger partial charge in [-0.25, -0.2) is 15.0 Å². The van der Waals surface area contributed by atoms with Crippen molar-refractivity contribution in [1.29, 1.82) is 0 Å². The van der Waals surface area contributed by atoms with Gasteiger partial charge in [0.1, 0.15) is 0 Å². The lowest BCUT2D eigenvalue weighted by Crippen LogP contribution is -2.35. The van der Waals surface area contributed by atoms with Gasteiger partial charge in [0, 0.05) is 11.7 Å². The summed E-state index contributed by atoms with van der Waals surface area (Å²) in [6.07, 6.45) is 0.902. The average molecular weight is 203 g/mol. The zero-order valence-corrected chi connectivity index (χ0v) is 8.97. The maximum absolute atomic E-state index is 11.4. The number of hydrogen-bond donors (Lipinski definition) is 0. The third-order valence-corrected chi connectivity index (χ3v) is 2.62. The number of sulfone groups is 1. The molecular weight excluding hydrogens is 190 g/mol. The Morgan fingerprint density at radius 2 is 1.77 bits per heavy atom. The maximum atomic E-state index is 11.4. The number of Topliss-reactive ketones (excluding diaryl/α,β-unsaturated/α-hetero) is 1. The van der Waals surface area contributed by atoms with E-state index in [1.54, 1.807) is 20.8 Å². The monoisotopic (exact) mass is 203 g/mol. The molecule has 1 atom stereocenters. The minimum absolute atomic E-state index is 0.551. The number of hydrogen-bond acceptors (Lipinski definition) is 3. The highest BCUT2D eigenvalue weighted by atomic mass is 32.2. The predicted molar refractivity (Wildman–Crippen MR) is 49.7 cm³/mol. The fraction of sp³-hybridized carbons (Fsp3) is 0.750. The quantitative estimate of drug-likeness (QED) is 0.626. The first-order valence-electron chi connectivity index (χ1n) is 3.70. The smallest absolute Gasteiger partial charge is 0.289 e. The molecular formula is C8H13NO3S. The van der Waals surface area contributed by atoms with Crippen molar-refractivity contribution in [1.82, 2.24) is 0 Å². The van der Waals surface area contributed by atoms with Gasteiger partial charge in [0.25, 0.3) is 0 Å². The fourth-order valence-corrected chi connectivity index (χ4v) is 1.65. The number of carbonyl (C=O) groups is 1. The highest BCUT2D eigenvalue weighted by Gasteiger charge is 2.41. The van der Waals surface area contributed by atoms with Crippen LogP contribution < -0.4 is 0 Å². The van der Waals surface area contributed by atoms with Crippen molar-refractivity contribution in [3.63, 3.8) is 0 Å². The Morgan fingerprint density at radius 3 is 1.85 bits per heavy atom. The summed E-state index contributed by atoms with van der Waals surface area (Å²) in [6.45, 7) is 11.4. The Bertz CT molecular complexity index is 343. The van der Waals surface area contributed by atoms with E-state index in [-0.39, 0.29) is 0 Å². The number of rotatable bonds is 2. The highest BCUT2D eigenvalue weighted by Crippen LogP contribution is 2.20. The van der Waals surface area contributed by atoms with E-state index in [2.05, 4.69) is 4.85 Å². The van der Waals surface area contributed by atoms with Crippen LogP contribution in [0.4, 0.5) is 0 Å². The van der Waals surface area contributed by atoms with Crippen LogP contribution in [0.1, 0.15) is 20.8 Å². The standard InChI is InChI=1S/C8H13NO3S/c1-8(2,3)6(10)7(9-4)13(5,11)12/h7H,1-3,5H3. The molecule has 0 amide bonds. The maximum Gasteiger partial charge on any atom is 0.377 e. The normalized spacial score (nSPS) is 14.7. The molecule has 0 aromatic heterocycles. The van der Waals surface area contributed by atoms with Crippen molar-refractivity contribution >= 4 is 15.6 Å². The Balaban J connectivity index is 5.10. The second-order valence-electron chi connectivity index (χ2n) is 3.93. The van der Waals surface area contributed by atoms with Gasteiger partial charge in [0.15, 0.2) is 0 Å². The summed E-state index contributed by atoms with van der Waals surface area (Å²) in [4.78, 5) is 14.3. The molecule has 0 aliphatic carbocycles. The van der Waals surface area contributed by atoms with Gasteiger partial charge in [-0.1, -0.05) is 20.8 Å². The van der Waals surface area contributed by atoms with Gasteiger partial charge in [-0.3, -0.25) is 9.64 Å². The summed E-state index contributed by atoms with van der Waals surface area (Å²) < 4.78 is 22.0. The summed E-state index contributed by atoms with van der Waals surface area (Å²) in [5, 5.41) is -1.55. The number of ketones is 1. The minimum Gasteiger partial charge on any atom is -0.289 e. The predicted octanol–water partition coefficient (Wildman–Crippen LogP) is 0.892. The van der Waals surface area contributed by atoms with Gasteiger partial charge in [-0.05, 0) is 0 Å². The van der Waals surface area contributed by atoms with Gasteiger partial charge < -0.3 is 0 Å². The second-order valence-corrected chi connectivity index (χ2v) is 6.03. The van der Waals surface area contributed by atoms with Crippen molar-refractivity contribution in [2.75, 3.05) is 6.26 Å². The van der Waals surface area contributed by atoms with Gasteiger partial charge >= 0.3 is 5.37 Å². The molecule has 0 aromatic carbocycles. The van der Waals surface area contributed by atoms with Crippen LogP contribution >= 0.6 is 0 Å². The lowest BCUT2D eigenvalue weighted by Gasteiger charge is -2.15. The zero-order valence-electron chi connectivity index (χ0n) is 8.16. The van der Waals surface area contributed by atoms with Crippen LogP contribution in [0.15, 0.2) is 0 Å². The molecule has 0 saturated carbocycles. The molecule has 0 aromatic rings. The summed E-state index contributed by atoms with van der Waals surface area (Å²) in [5.41, 5.74) is -0.793. The van der Waals surface area contributed by atoms with E-state index in [0.717, 1.165) is 6.26 Å². The summed E-state index contributed by atoms with van der Waals surface area (Å²) >= 11 is 0. The first-order valence-corrected chi connectivity index (χ1v) is 5.66. The van der Waals surface area contributed by atoms with Crippen LogP contribution in [0, 0.1) is 12.0 Å². The van der Waals surface area contributed by atoms with Crippen LogP contribution in [0.25, 0.3) is 4.85 Å². The van der Waals surface area contributed by atoms with E-state index < -0.39 is 26.4 Å². The average Bonchev–Trinajstić information content (AvgIpc) is 1.83. The molecule has 0 N–H and O–H groups in total. The van der Waals surface area contributed by atoms with E-state index in [4.69, 9.17) is 6.57 Å². The zero-order chi connectivity index (χ0) is 10.9. The summed E-state index contributed by atoms with van der Waals surface area (Å²) in [7, 11) is -3.60. The molecule has 0 bridgehead atoms. The van der Waals surface area contributed by atoms with Crippen molar-refractivity contribution in [2.45, 2.75) is 26.1 Å². The number of carbonyl (C=O) groups excluding carboxylic acids is 1. The third-order valence-electron chi connectivity index (χ3n) is 1.49. The van der Waals surface area contributed by atoms with Gasteiger partial charge in [-0.15, -0.1) is 0 Å². The van der Waals surface area contributed by atoms with E-state index in [1.165, 1.54) is 0 Å². The molecule has 0 rings (SSSR count). The van der Waals surface area contributed by atoms with Crippen LogP contribution in [0.3, 0.4) is 0 Å². The second kappa shape index (κ2) is 3.46. The molecule has 0 fully saturated rings. The molecule has 0 aliphatic rings. The largest absolute Gasteiger partial charge is 0.377 e. The Kier molecular flexibility index (Phi) is 3.23. The van der Waals surface area contributed by atoms with Gasteiger partial charge in [-0.2, -0.15) is 0 Å². The van der Waals surface area contributed by atoms with Crippen LogP contribution in [0.2, 0.25) is 0 Å². The topological polar surface area (TPSA) is 55.6 Å². The molecule has 13 heavy (non-hydrogen) atoms. The Morgan fingerprint density at radius 1 is 1.38 bits per heavy atom. The van der Waals surface area contributed by atoms with E-state index in [9.17, 15) is 13.2 Å². The first kappa shape index (κ1) is 12.1. The SMILES string of the molecule is [C-]#[N+]C(C(=O)C(C)(C)C)S(C)(=O)=O. The molecule has 0 radical (unpaired) electrons. The highest BCUT2D eigenvalue weighted by molar-refractivity contribution is 7.92. The molecule has 0 heterocycles. The lowest BCUT2D eigenvalue weighted by atomic mass is 9.91. The van der Waals surface area contributed by atoms with E-state index in [1.807, 2.05) is 0 Å². The Hall–Kier alpha value is -0.890. The van der Waals surface area contributed by atoms with Crippen LogP contribution in [-0.4, -0.2) is 25.8 Å².